The highest BCUT2D eigenvalue weighted by atomic mass is 16.5. The fraction of sp³-hybridized carbons (Fsp3) is 0.500. The molecule has 2 atom stereocenters. The standard InChI is InChI=1S/C12H19NO2/c1-4-14-11-6-5-7-12(8-11)15-10(3)9(2)13/h5-10H,4,13H2,1-3H3. The normalized spacial score (nSPS) is 14.4. The first kappa shape index (κ1) is 11.9. The highest BCUT2D eigenvalue weighted by molar-refractivity contribution is 5.33. The molecule has 0 aromatic heterocycles. The van der Waals surface area contributed by atoms with Crippen molar-refractivity contribution in [1.82, 2.24) is 0 Å². The van der Waals surface area contributed by atoms with Crippen molar-refractivity contribution in [1.29, 1.82) is 0 Å². The number of hydrogen-bond donors (Lipinski definition) is 1. The number of benzene rings is 1. The molecule has 2 N–H and O–H groups in total. The van der Waals surface area contributed by atoms with E-state index in [2.05, 4.69) is 0 Å². The van der Waals surface area contributed by atoms with E-state index in [0.717, 1.165) is 11.5 Å². The van der Waals surface area contributed by atoms with Crippen LogP contribution in [0, 0.1) is 0 Å². The van der Waals surface area contributed by atoms with E-state index in [1.54, 1.807) is 0 Å². The van der Waals surface area contributed by atoms with E-state index < -0.39 is 0 Å². The zero-order valence-corrected chi connectivity index (χ0v) is 9.57. The largest absolute Gasteiger partial charge is 0.494 e. The van der Waals surface area contributed by atoms with Gasteiger partial charge < -0.3 is 15.2 Å². The van der Waals surface area contributed by atoms with Crippen LogP contribution >= 0.6 is 0 Å². The van der Waals surface area contributed by atoms with Crippen molar-refractivity contribution < 1.29 is 9.47 Å². The third-order valence-electron chi connectivity index (χ3n) is 2.18. The van der Waals surface area contributed by atoms with E-state index in [1.165, 1.54) is 0 Å². The average Bonchev–Trinajstić information content (AvgIpc) is 2.18. The summed E-state index contributed by atoms with van der Waals surface area (Å²) < 4.78 is 11.0. The predicted octanol–water partition coefficient (Wildman–Crippen LogP) is 2.20. The maximum Gasteiger partial charge on any atom is 0.123 e. The van der Waals surface area contributed by atoms with Crippen LogP contribution in [-0.2, 0) is 0 Å². The summed E-state index contributed by atoms with van der Waals surface area (Å²) in [6, 6.07) is 7.62. The minimum atomic E-state index is 0.00174. The van der Waals surface area contributed by atoms with Gasteiger partial charge in [-0.1, -0.05) is 6.07 Å². The Hall–Kier alpha value is -1.22. The van der Waals surface area contributed by atoms with Gasteiger partial charge in [-0.15, -0.1) is 0 Å². The molecule has 0 fully saturated rings. The van der Waals surface area contributed by atoms with Crippen molar-refractivity contribution in [2.24, 2.45) is 5.73 Å². The monoisotopic (exact) mass is 209 g/mol. The summed E-state index contributed by atoms with van der Waals surface area (Å²) in [6.45, 7) is 6.50. The van der Waals surface area contributed by atoms with Gasteiger partial charge in [0, 0.05) is 12.1 Å². The van der Waals surface area contributed by atoms with Crippen LogP contribution in [0.15, 0.2) is 24.3 Å². The lowest BCUT2D eigenvalue weighted by Crippen LogP contribution is -2.33. The van der Waals surface area contributed by atoms with Crippen LogP contribution < -0.4 is 15.2 Å². The van der Waals surface area contributed by atoms with Crippen LogP contribution in [0.3, 0.4) is 0 Å². The molecule has 0 saturated carbocycles. The summed E-state index contributed by atoms with van der Waals surface area (Å²) >= 11 is 0. The molecular formula is C12H19NO2. The lowest BCUT2D eigenvalue weighted by molar-refractivity contribution is 0.195. The Bertz CT molecular complexity index is 299. The summed E-state index contributed by atoms with van der Waals surface area (Å²) in [4.78, 5) is 0. The van der Waals surface area contributed by atoms with Crippen molar-refractivity contribution in [3.8, 4) is 11.5 Å². The van der Waals surface area contributed by atoms with Crippen LogP contribution in [0.4, 0.5) is 0 Å². The average molecular weight is 209 g/mol. The maximum absolute atomic E-state index is 5.72. The van der Waals surface area contributed by atoms with Gasteiger partial charge in [0.05, 0.1) is 6.61 Å². The highest BCUT2D eigenvalue weighted by Crippen LogP contribution is 2.20. The second kappa shape index (κ2) is 5.61. The first-order valence-corrected chi connectivity index (χ1v) is 5.28. The highest BCUT2D eigenvalue weighted by Gasteiger charge is 2.09. The van der Waals surface area contributed by atoms with Crippen LogP contribution in [-0.4, -0.2) is 18.8 Å². The molecule has 3 nitrogen and oxygen atoms in total. The summed E-state index contributed by atoms with van der Waals surface area (Å²) in [7, 11) is 0. The van der Waals surface area contributed by atoms with Gasteiger partial charge in [0.2, 0.25) is 0 Å². The van der Waals surface area contributed by atoms with Crippen LogP contribution in [0.25, 0.3) is 0 Å². The lowest BCUT2D eigenvalue weighted by Gasteiger charge is -2.18. The van der Waals surface area contributed by atoms with Crippen molar-refractivity contribution in [3.05, 3.63) is 24.3 Å². The van der Waals surface area contributed by atoms with Gasteiger partial charge >= 0.3 is 0 Å². The van der Waals surface area contributed by atoms with Gasteiger partial charge in [0.25, 0.3) is 0 Å². The van der Waals surface area contributed by atoms with E-state index in [4.69, 9.17) is 15.2 Å². The fourth-order valence-electron chi connectivity index (χ4n) is 1.13. The molecule has 1 aromatic rings. The van der Waals surface area contributed by atoms with Crippen molar-refractivity contribution in [2.45, 2.75) is 32.9 Å². The summed E-state index contributed by atoms with van der Waals surface area (Å²) in [6.07, 6.45) is 0.00174. The molecule has 0 radical (unpaired) electrons. The van der Waals surface area contributed by atoms with Crippen LogP contribution in [0.2, 0.25) is 0 Å². The third kappa shape index (κ3) is 3.80. The van der Waals surface area contributed by atoms with Crippen molar-refractivity contribution >= 4 is 0 Å². The molecular weight excluding hydrogens is 190 g/mol. The van der Waals surface area contributed by atoms with E-state index in [0.29, 0.717) is 6.61 Å². The Labute approximate surface area is 91.2 Å². The van der Waals surface area contributed by atoms with Gasteiger partial charge in [-0.25, -0.2) is 0 Å². The molecule has 15 heavy (non-hydrogen) atoms. The summed E-state index contributed by atoms with van der Waals surface area (Å²) in [5, 5.41) is 0. The Morgan fingerprint density at radius 1 is 1.27 bits per heavy atom. The van der Waals surface area contributed by atoms with Crippen molar-refractivity contribution in [3.63, 3.8) is 0 Å². The molecule has 1 aromatic carbocycles. The minimum Gasteiger partial charge on any atom is -0.494 e. The molecule has 3 heteroatoms. The maximum atomic E-state index is 5.72. The Kier molecular flexibility index (Phi) is 4.43. The molecule has 84 valence electrons. The Morgan fingerprint density at radius 3 is 2.53 bits per heavy atom. The first-order chi connectivity index (χ1) is 7.13. The van der Waals surface area contributed by atoms with Crippen LogP contribution in [0.5, 0.6) is 11.5 Å². The number of ether oxygens (including phenoxy) is 2. The van der Waals surface area contributed by atoms with E-state index >= 15 is 0 Å². The molecule has 2 unspecified atom stereocenters. The molecule has 0 amide bonds. The second-order valence-electron chi connectivity index (χ2n) is 3.59. The third-order valence-corrected chi connectivity index (χ3v) is 2.18. The van der Waals surface area contributed by atoms with E-state index in [9.17, 15) is 0 Å². The van der Waals surface area contributed by atoms with Crippen molar-refractivity contribution in [2.75, 3.05) is 6.61 Å². The lowest BCUT2D eigenvalue weighted by atomic mass is 10.2. The van der Waals surface area contributed by atoms with Gasteiger partial charge in [0.15, 0.2) is 0 Å². The molecule has 0 aliphatic rings. The Morgan fingerprint density at radius 2 is 1.93 bits per heavy atom. The minimum absolute atomic E-state index is 0.00174. The fourth-order valence-corrected chi connectivity index (χ4v) is 1.13. The zero-order valence-electron chi connectivity index (χ0n) is 9.57. The van der Waals surface area contributed by atoms with Gasteiger partial charge in [-0.2, -0.15) is 0 Å². The second-order valence-corrected chi connectivity index (χ2v) is 3.59. The molecule has 1 rings (SSSR count). The number of hydrogen-bond acceptors (Lipinski definition) is 3. The molecule has 0 bridgehead atoms. The first-order valence-electron chi connectivity index (χ1n) is 5.28. The molecule has 0 aliphatic heterocycles. The topological polar surface area (TPSA) is 44.5 Å². The molecule has 0 aliphatic carbocycles. The molecule has 0 heterocycles. The number of rotatable bonds is 5. The van der Waals surface area contributed by atoms with Gasteiger partial charge in [-0.3, -0.25) is 0 Å². The van der Waals surface area contributed by atoms with Gasteiger partial charge in [0.1, 0.15) is 17.6 Å². The quantitative estimate of drug-likeness (QED) is 0.808. The Balaban J connectivity index is 2.64. The number of nitrogens with two attached hydrogens (primary N) is 1. The predicted molar refractivity (Wildman–Crippen MR) is 61.4 cm³/mol. The van der Waals surface area contributed by atoms with E-state index in [-0.39, 0.29) is 12.1 Å². The summed E-state index contributed by atoms with van der Waals surface area (Å²) in [5.74, 6) is 1.62. The molecule has 0 saturated heterocycles. The van der Waals surface area contributed by atoms with Crippen LogP contribution in [0.1, 0.15) is 20.8 Å². The zero-order chi connectivity index (χ0) is 11.3. The summed E-state index contributed by atoms with van der Waals surface area (Å²) in [5.41, 5.74) is 5.72. The van der Waals surface area contributed by atoms with E-state index in [1.807, 2.05) is 45.0 Å². The molecule has 0 spiro atoms. The SMILES string of the molecule is CCOc1cccc(OC(C)C(C)N)c1. The smallest absolute Gasteiger partial charge is 0.123 e. The van der Waals surface area contributed by atoms with Gasteiger partial charge in [-0.05, 0) is 32.9 Å².